The van der Waals surface area contributed by atoms with Crippen molar-refractivity contribution >= 4 is 59.9 Å². The lowest BCUT2D eigenvalue weighted by Gasteiger charge is -2.45. The van der Waals surface area contributed by atoms with E-state index in [0.29, 0.717) is 0 Å². The Kier molecular flexibility index (Phi) is 5.12. The smallest absolute Gasteiger partial charge is 0.145 e. The Labute approximate surface area is 252 Å². The predicted octanol–water partition coefficient (Wildman–Crippen LogP) is 9.37. The van der Waals surface area contributed by atoms with Crippen LogP contribution in [-0.2, 0) is 13.1 Å². The zero-order valence-corrected chi connectivity index (χ0v) is 24.8. The molecular formula is C37H27BrN4. The number of halogens is 1. The summed E-state index contributed by atoms with van der Waals surface area (Å²) in [6, 6.07) is 39.9. The van der Waals surface area contributed by atoms with Crippen LogP contribution in [0.2, 0.25) is 0 Å². The Bertz CT molecular complexity index is 2210. The summed E-state index contributed by atoms with van der Waals surface area (Å²) in [4.78, 5) is 10.4. The van der Waals surface area contributed by atoms with Gasteiger partial charge in [0.15, 0.2) is 0 Å². The standard InChI is InChI=1S/C37H27BrN4/c1-23-10-16-28(17-11-23)42-36-32-9-5-3-7-30(32)29-6-2-4-8-31(29)35(36)39-37(42)24-12-13-25-20-41-22-40(33(25)18-24)21-26-14-15-27(38)19-34(26)41/h2-19H,20-22H2,1H3. The van der Waals surface area contributed by atoms with E-state index < -0.39 is 0 Å². The predicted molar refractivity (Wildman–Crippen MR) is 178 cm³/mol. The maximum atomic E-state index is 5.46. The molecule has 2 aliphatic heterocycles. The lowest BCUT2D eigenvalue weighted by Crippen LogP contribution is -2.46. The number of aromatic nitrogens is 2. The maximum Gasteiger partial charge on any atom is 0.145 e. The molecule has 5 heteroatoms. The number of imidazole rings is 1. The number of fused-ring (bicyclic) bond motifs is 12. The minimum Gasteiger partial charge on any atom is -0.349 e. The molecule has 0 unspecified atom stereocenters. The van der Waals surface area contributed by atoms with E-state index in [-0.39, 0.29) is 0 Å². The van der Waals surface area contributed by atoms with Gasteiger partial charge in [0.05, 0.1) is 17.7 Å². The van der Waals surface area contributed by atoms with Gasteiger partial charge in [-0.1, -0.05) is 100 Å². The molecule has 0 saturated heterocycles. The molecule has 42 heavy (non-hydrogen) atoms. The second-order valence-corrected chi connectivity index (χ2v) is 12.5. The number of hydrogen-bond acceptors (Lipinski definition) is 3. The first kappa shape index (κ1) is 24.0. The van der Waals surface area contributed by atoms with Crippen LogP contribution in [0.3, 0.4) is 0 Å². The van der Waals surface area contributed by atoms with Gasteiger partial charge in [-0.05, 0) is 59.2 Å². The normalized spacial score (nSPS) is 14.0. The molecule has 0 fully saturated rings. The van der Waals surface area contributed by atoms with Gasteiger partial charge in [-0.25, -0.2) is 4.98 Å². The Hall–Kier alpha value is -4.61. The first-order valence-corrected chi connectivity index (χ1v) is 15.2. The summed E-state index contributed by atoms with van der Waals surface area (Å²) in [6.45, 7) is 4.84. The highest BCUT2D eigenvalue weighted by Gasteiger charge is 2.30. The van der Waals surface area contributed by atoms with Gasteiger partial charge in [-0.15, -0.1) is 0 Å². The second-order valence-electron chi connectivity index (χ2n) is 11.5. The first-order valence-electron chi connectivity index (χ1n) is 14.4. The molecule has 3 heterocycles. The molecule has 0 saturated carbocycles. The van der Waals surface area contributed by atoms with Crippen molar-refractivity contribution in [2.45, 2.75) is 20.0 Å². The summed E-state index contributed by atoms with van der Waals surface area (Å²) in [5.41, 5.74) is 11.1. The fraction of sp³-hybridized carbons (Fsp3) is 0.108. The van der Waals surface area contributed by atoms with Crippen molar-refractivity contribution in [2.24, 2.45) is 0 Å². The Morgan fingerprint density at radius 1 is 0.643 bits per heavy atom. The van der Waals surface area contributed by atoms with Crippen molar-refractivity contribution < 1.29 is 0 Å². The monoisotopic (exact) mass is 606 g/mol. The number of hydrogen-bond donors (Lipinski definition) is 0. The second kappa shape index (κ2) is 8.94. The van der Waals surface area contributed by atoms with Crippen LogP contribution in [0.25, 0.3) is 49.7 Å². The van der Waals surface area contributed by atoms with Crippen molar-refractivity contribution in [1.29, 1.82) is 0 Å². The van der Waals surface area contributed by atoms with Gasteiger partial charge in [0.2, 0.25) is 0 Å². The average molecular weight is 608 g/mol. The number of aryl methyl sites for hydroxylation is 1. The molecule has 0 radical (unpaired) electrons. The van der Waals surface area contributed by atoms with E-state index in [9.17, 15) is 0 Å². The molecule has 2 aliphatic rings. The molecule has 6 aromatic carbocycles. The summed E-state index contributed by atoms with van der Waals surface area (Å²) in [5, 5.41) is 4.90. The summed E-state index contributed by atoms with van der Waals surface area (Å²) in [5.74, 6) is 0.974. The molecular weight excluding hydrogens is 580 g/mol. The molecule has 0 aliphatic carbocycles. The third kappa shape index (κ3) is 3.50. The van der Waals surface area contributed by atoms with E-state index in [4.69, 9.17) is 4.98 Å². The van der Waals surface area contributed by atoms with Crippen LogP contribution in [0.15, 0.2) is 114 Å². The maximum absolute atomic E-state index is 5.46. The van der Waals surface area contributed by atoms with Crippen LogP contribution in [0, 0.1) is 6.92 Å². The van der Waals surface area contributed by atoms with E-state index in [1.807, 2.05) is 0 Å². The quantitative estimate of drug-likeness (QED) is 0.183. The van der Waals surface area contributed by atoms with Gasteiger partial charge in [0, 0.05) is 51.0 Å². The molecule has 1 aromatic heterocycles. The van der Waals surface area contributed by atoms with Crippen LogP contribution < -0.4 is 9.80 Å². The van der Waals surface area contributed by atoms with Crippen molar-refractivity contribution in [3.63, 3.8) is 0 Å². The zero-order chi connectivity index (χ0) is 27.9. The molecule has 2 bridgehead atoms. The van der Waals surface area contributed by atoms with E-state index in [1.54, 1.807) is 0 Å². The van der Waals surface area contributed by atoms with Crippen LogP contribution >= 0.6 is 15.9 Å². The van der Waals surface area contributed by atoms with E-state index >= 15 is 0 Å². The summed E-state index contributed by atoms with van der Waals surface area (Å²) in [6.07, 6.45) is 0. The van der Waals surface area contributed by atoms with Crippen LogP contribution in [0.5, 0.6) is 0 Å². The fourth-order valence-electron chi connectivity index (χ4n) is 6.98. The van der Waals surface area contributed by atoms with Gasteiger partial charge in [-0.2, -0.15) is 0 Å². The molecule has 0 amide bonds. The van der Waals surface area contributed by atoms with Gasteiger partial charge in [0.1, 0.15) is 5.82 Å². The third-order valence-corrected chi connectivity index (χ3v) is 9.45. The zero-order valence-electron chi connectivity index (χ0n) is 23.2. The number of nitrogens with zero attached hydrogens (tertiary/aromatic N) is 4. The SMILES string of the molecule is Cc1ccc(-n2c(-c3ccc4c(c3)N3Cc5ccc(Br)cc5N(C4)C3)nc3c4ccccc4c4ccccc4c32)cc1. The topological polar surface area (TPSA) is 24.3 Å². The lowest BCUT2D eigenvalue weighted by molar-refractivity contribution is 0.651. The Morgan fingerprint density at radius 2 is 1.26 bits per heavy atom. The molecule has 0 atom stereocenters. The van der Waals surface area contributed by atoms with Crippen LogP contribution in [0.4, 0.5) is 11.4 Å². The molecule has 7 aromatic rings. The lowest BCUT2D eigenvalue weighted by atomic mass is 9.99. The Balaban J connectivity index is 1.30. The number of rotatable bonds is 2. The highest BCUT2D eigenvalue weighted by molar-refractivity contribution is 9.10. The van der Waals surface area contributed by atoms with Crippen LogP contribution in [-0.4, -0.2) is 16.2 Å². The van der Waals surface area contributed by atoms with Crippen molar-refractivity contribution in [3.05, 3.63) is 130 Å². The van der Waals surface area contributed by atoms with E-state index in [2.05, 4.69) is 146 Å². The number of anilines is 2. The fourth-order valence-corrected chi connectivity index (χ4v) is 7.33. The van der Waals surface area contributed by atoms with Crippen molar-refractivity contribution in [3.8, 4) is 17.1 Å². The van der Waals surface area contributed by atoms with Crippen molar-refractivity contribution in [1.82, 2.24) is 9.55 Å². The van der Waals surface area contributed by atoms with E-state index in [0.717, 1.165) is 52.3 Å². The highest BCUT2D eigenvalue weighted by Crippen LogP contribution is 2.43. The van der Waals surface area contributed by atoms with Crippen molar-refractivity contribution in [2.75, 3.05) is 16.5 Å². The minimum absolute atomic E-state index is 0.892. The van der Waals surface area contributed by atoms with Gasteiger partial charge < -0.3 is 9.80 Å². The Morgan fingerprint density at radius 3 is 2.00 bits per heavy atom. The van der Waals surface area contributed by atoms with Crippen LogP contribution in [0.1, 0.15) is 16.7 Å². The molecule has 4 nitrogen and oxygen atoms in total. The molecule has 0 N–H and O–H groups in total. The number of benzene rings is 6. The largest absolute Gasteiger partial charge is 0.349 e. The average Bonchev–Trinajstić information content (AvgIpc) is 3.43. The molecule has 9 rings (SSSR count). The summed E-state index contributed by atoms with van der Waals surface area (Å²) < 4.78 is 3.51. The third-order valence-electron chi connectivity index (χ3n) is 8.96. The minimum atomic E-state index is 0.892. The molecule has 202 valence electrons. The van der Waals surface area contributed by atoms with Gasteiger partial charge >= 0.3 is 0 Å². The highest BCUT2D eigenvalue weighted by atomic mass is 79.9. The first-order chi connectivity index (χ1) is 20.6. The van der Waals surface area contributed by atoms with Gasteiger partial charge in [0.25, 0.3) is 0 Å². The summed E-state index contributed by atoms with van der Waals surface area (Å²) in [7, 11) is 0. The van der Waals surface area contributed by atoms with Gasteiger partial charge in [-0.3, -0.25) is 4.57 Å². The molecule has 0 spiro atoms. The van der Waals surface area contributed by atoms with E-state index in [1.165, 1.54) is 49.6 Å². The summed E-state index contributed by atoms with van der Waals surface area (Å²) >= 11 is 3.67.